The molecule has 4 nitrogen and oxygen atoms in total. The molecule has 1 aliphatic heterocycles. The van der Waals surface area contributed by atoms with Crippen molar-refractivity contribution in [2.24, 2.45) is 13.0 Å². The lowest BCUT2D eigenvalue weighted by Crippen LogP contribution is -2.34. The van der Waals surface area contributed by atoms with Crippen LogP contribution in [0.5, 0.6) is 0 Å². The van der Waals surface area contributed by atoms with Crippen molar-refractivity contribution in [3.05, 3.63) is 18.0 Å². The fraction of sp³-hybridized carbons (Fsp3) is 0.692. The van der Waals surface area contributed by atoms with Crippen molar-refractivity contribution >= 4 is 5.78 Å². The number of hydrogen-bond donors (Lipinski definition) is 0. The molecule has 1 fully saturated rings. The highest BCUT2D eigenvalue weighted by Gasteiger charge is 2.49. The number of hydrogen-bond acceptors (Lipinski definition) is 3. The molecule has 17 heavy (non-hydrogen) atoms. The van der Waals surface area contributed by atoms with Gasteiger partial charge in [0.15, 0.2) is 5.78 Å². The minimum atomic E-state index is -0.412. The molecule has 0 aliphatic carbocycles. The molecule has 0 spiro atoms. The average molecular weight is 236 g/mol. The minimum Gasteiger partial charge on any atom is -0.369 e. The van der Waals surface area contributed by atoms with Gasteiger partial charge in [0.05, 0.1) is 17.1 Å². The van der Waals surface area contributed by atoms with Crippen LogP contribution in [0.2, 0.25) is 0 Å². The summed E-state index contributed by atoms with van der Waals surface area (Å²) in [5, 5.41) is 4.05. The second-order valence-corrected chi connectivity index (χ2v) is 5.93. The van der Waals surface area contributed by atoms with Crippen LogP contribution in [0.1, 0.15) is 44.6 Å². The molecule has 1 aromatic rings. The van der Waals surface area contributed by atoms with E-state index in [2.05, 4.69) is 5.10 Å². The maximum absolute atomic E-state index is 12.5. The van der Waals surface area contributed by atoms with Crippen molar-refractivity contribution in [3.63, 3.8) is 0 Å². The van der Waals surface area contributed by atoms with Gasteiger partial charge in [0.2, 0.25) is 0 Å². The number of rotatable bonds is 2. The van der Waals surface area contributed by atoms with Crippen molar-refractivity contribution in [3.8, 4) is 0 Å². The quantitative estimate of drug-likeness (QED) is 0.739. The predicted octanol–water partition coefficient (Wildman–Crippen LogP) is 2.20. The third-order valence-electron chi connectivity index (χ3n) is 3.46. The van der Waals surface area contributed by atoms with Crippen molar-refractivity contribution < 1.29 is 9.53 Å². The summed E-state index contributed by atoms with van der Waals surface area (Å²) in [6.07, 6.45) is 2.41. The zero-order valence-electron chi connectivity index (χ0n) is 11.2. The fourth-order valence-electron chi connectivity index (χ4n) is 2.76. The van der Waals surface area contributed by atoms with Crippen molar-refractivity contribution in [1.29, 1.82) is 0 Å². The van der Waals surface area contributed by atoms with E-state index < -0.39 is 5.60 Å². The van der Waals surface area contributed by atoms with Gasteiger partial charge in [-0.25, -0.2) is 0 Å². The highest BCUT2D eigenvalue weighted by molar-refractivity contribution is 5.97. The number of ketones is 1. The monoisotopic (exact) mass is 236 g/mol. The molecule has 2 heterocycles. The van der Waals surface area contributed by atoms with Gasteiger partial charge < -0.3 is 4.74 Å². The molecule has 0 radical (unpaired) electrons. The number of Topliss-reactive ketones (excluding diaryl/α,β-unsaturated/α-hetero) is 1. The number of ether oxygens (including phenoxy) is 1. The topological polar surface area (TPSA) is 44.1 Å². The summed E-state index contributed by atoms with van der Waals surface area (Å²) >= 11 is 0. The van der Waals surface area contributed by atoms with E-state index in [0.717, 1.165) is 6.42 Å². The molecular formula is C13H20N2O2. The first-order chi connectivity index (χ1) is 7.73. The van der Waals surface area contributed by atoms with E-state index >= 15 is 0 Å². The highest BCUT2D eigenvalue weighted by atomic mass is 16.5. The molecule has 0 amide bonds. The lowest BCUT2D eigenvalue weighted by molar-refractivity contribution is -0.0712. The molecule has 4 heteroatoms. The second-order valence-electron chi connectivity index (χ2n) is 5.93. The Hall–Kier alpha value is -1.16. The van der Waals surface area contributed by atoms with Crippen LogP contribution < -0.4 is 0 Å². The SMILES string of the molecule is Cn1nccc1C(=O)C1CC(C)(C)OC1(C)C. The third-order valence-corrected chi connectivity index (χ3v) is 3.46. The van der Waals surface area contributed by atoms with Crippen molar-refractivity contribution in [2.75, 3.05) is 0 Å². The fourth-order valence-corrected chi connectivity index (χ4v) is 2.76. The molecule has 1 saturated heterocycles. The van der Waals surface area contributed by atoms with Crippen LogP contribution in [0.15, 0.2) is 12.3 Å². The van der Waals surface area contributed by atoms with Crippen LogP contribution in [0.3, 0.4) is 0 Å². The molecule has 94 valence electrons. The molecule has 0 N–H and O–H groups in total. The summed E-state index contributed by atoms with van der Waals surface area (Å²) in [7, 11) is 1.79. The van der Waals surface area contributed by atoms with E-state index in [9.17, 15) is 4.79 Å². The predicted molar refractivity (Wildman–Crippen MR) is 64.9 cm³/mol. The maximum Gasteiger partial charge on any atom is 0.186 e. The Kier molecular flexibility index (Phi) is 2.65. The molecule has 1 unspecified atom stereocenters. The average Bonchev–Trinajstić information content (AvgIpc) is 2.66. The molecule has 2 rings (SSSR count). The van der Waals surface area contributed by atoms with E-state index in [1.54, 1.807) is 24.0 Å². The number of aromatic nitrogens is 2. The van der Waals surface area contributed by atoms with E-state index in [1.807, 2.05) is 27.7 Å². The zero-order chi connectivity index (χ0) is 12.8. The van der Waals surface area contributed by atoms with Crippen LogP contribution in [0.25, 0.3) is 0 Å². The lowest BCUT2D eigenvalue weighted by Gasteiger charge is -2.26. The molecular weight excluding hydrogens is 216 g/mol. The molecule has 0 saturated carbocycles. The van der Waals surface area contributed by atoms with E-state index in [1.165, 1.54) is 0 Å². The van der Waals surface area contributed by atoms with Crippen LogP contribution in [0.4, 0.5) is 0 Å². The molecule has 1 aromatic heterocycles. The lowest BCUT2D eigenvalue weighted by atomic mass is 9.83. The second kappa shape index (κ2) is 3.67. The van der Waals surface area contributed by atoms with Gasteiger partial charge in [-0.2, -0.15) is 5.10 Å². The van der Waals surface area contributed by atoms with Crippen LogP contribution in [0, 0.1) is 5.92 Å². The van der Waals surface area contributed by atoms with Gasteiger partial charge >= 0.3 is 0 Å². The Balaban J connectivity index is 2.30. The molecule has 1 atom stereocenters. The number of nitrogens with zero attached hydrogens (tertiary/aromatic N) is 2. The molecule has 0 bridgehead atoms. The first-order valence-corrected chi connectivity index (χ1v) is 5.95. The van der Waals surface area contributed by atoms with Gasteiger partial charge in [-0.15, -0.1) is 0 Å². The highest BCUT2D eigenvalue weighted by Crippen LogP contribution is 2.43. The zero-order valence-corrected chi connectivity index (χ0v) is 11.2. The Morgan fingerprint density at radius 1 is 1.47 bits per heavy atom. The van der Waals surface area contributed by atoms with Gasteiger partial charge in [-0.3, -0.25) is 9.48 Å². The minimum absolute atomic E-state index is 0.104. The van der Waals surface area contributed by atoms with Crippen LogP contribution >= 0.6 is 0 Å². The first-order valence-electron chi connectivity index (χ1n) is 5.95. The summed E-state index contributed by atoms with van der Waals surface area (Å²) in [5.41, 5.74) is 0.0113. The standard InChI is InChI=1S/C13H20N2O2/c1-12(2)8-9(13(3,4)17-12)11(16)10-6-7-14-15(10)5/h6-7,9H,8H2,1-5H3. The summed E-state index contributed by atoms with van der Waals surface area (Å²) in [6, 6.07) is 1.77. The Labute approximate surface area is 102 Å². The first kappa shape index (κ1) is 12.3. The van der Waals surface area contributed by atoms with Gasteiger partial charge in [-0.05, 0) is 40.2 Å². The van der Waals surface area contributed by atoms with Crippen LogP contribution in [-0.4, -0.2) is 26.8 Å². The Morgan fingerprint density at radius 3 is 2.53 bits per heavy atom. The molecule has 0 aromatic carbocycles. The summed E-state index contributed by atoms with van der Waals surface area (Å²) in [5.74, 6) is 0.0217. The van der Waals surface area contributed by atoms with Gasteiger partial charge in [0, 0.05) is 13.2 Å². The van der Waals surface area contributed by atoms with Crippen molar-refractivity contribution in [1.82, 2.24) is 9.78 Å². The number of carbonyl (C=O) groups excluding carboxylic acids is 1. The largest absolute Gasteiger partial charge is 0.369 e. The number of carbonyl (C=O) groups is 1. The normalized spacial score (nSPS) is 26.1. The number of aryl methyl sites for hydroxylation is 1. The van der Waals surface area contributed by atoms with E-state index in [0.29, 0.717) is 5.69 Å². The van der Waals surface area contributed by atoms with Crippen LogP contribution in [-0.2, 0) is 11.8 Å². The summed E-state index contributed by atoms with van der Waals surface area (Å²) in [6.45, 7) is 8.04. The molecule has 1 aliphatic rings. The van der Waals surface area contributed by atoms with E-state index in [-0.39, 0.29) is 17.3 Å². The van der Waals surface area contributed by atoms with Gasteiger partial charge in [0.1, 0.15) is 5.69 Å². The Bertz CT molecular complexity index is 446. The maximum atomic E-state index is 12.5. The van der Waals surface area contributed by atoms with Gasteiger partial charge in [-0.1, -0.05) is 0 Å². The van der Waals surface area contributed by atoms with Crippen molar-refractivity contribution in [2.45, 2.75) is 45.3 Å². The van der Waals surface area contributed by atoms with Gasteiger partial charge in [0.25, 0.3) is 0 Å². The summed E-state index contributed by atoms with van der Waals surface area (Å²) < 4.78 is 7.59. The smallest absolute Gasteiger partial charge is 0.186 e. The Morgan fingerprint density at radius 2 is 2.12 bits per heavy atom. The summed E-state index contributed by atoms with van der Waals surface area (Å²) in [4.78, 5) is 12.5. The van der Waals surface area contributed by atoms with E-state index in [4.69, 9.17) is 4.74 Å². The third kappa shape index (κ3) is 2.14.